The first-order valence-corrected chi connectivity index (χ1v) is 4.29. The summed E-state index contributed by atoms with van der Waals surface area (Å²) in [4.78, 5) is 14.5. The van der Waals surface area contributed by atoms with Gasteiger partial charge < -0.3 is 9.80 Å². The van der Waals surface area contributed by atoms with Crippen LogP contribution in [0.15, 0.2) is 24.5 Å². The molecule has 1 aromatic heterocycles. The number of aromatic nitrogens is 1. The van der Waals surface area contributed by atoms with E-state index in [4.69, 9.17) is 0 Å². The number of pyridine rings is 1. The van der Waals surface area contributed by atoms with Gasteiger partial charge in [0.1, 0.15) is 6.29 Å². The molecule has 0 bridgehead atoms. The van der Waals surface area contributed by atoms with E-state index in [9.17, 15) is 4.79 Å². The van der Waals surface area contributed by atoms with Crippen molar-refractivity contribution in [1.82, 2.24) is 10.4 Å². The van der Waals surface area contributed by atoms with Gasteiger partial charge in [0.05, 0.1) is 17.9 Å². The van der Waals surface area contributed by atoms with Crippen molar-refractivity contribution >= 4 is 12.0 Å². The van der Waals surface area contributed by atoms with Crippen LogP contribution in [-0.4, -0.2) is 23.9 Å². The number of hydrogen-bond acceptors (Lipinski definition) is 4. The second-order valence-corrected chi connectivity index (χ2v) is 3.02. The first-order valence-electron chi connectivity index (χ1n) is 4.29. The first kappa shape index (κ1) is 8.19. The number of hydrogen-bond donors (Lipinski definition) is 1. The fourth-order valence-corrected chi connectivity index (χ4v) is 1.41. The van der Waals surface area contributed by atoms with Crippen molar-refractivity contribution in [3.63, 3.8) is 0 Å². The molecule has 1 aliphatic heterocycles. The Morgan fingerprint density at radius 3 is 3.23 bits per heavy atom. The van der Waals surface area contributed by atoms with Crippen LogP contribution in [0.3, 0.4) is 0 Å². The van der Waals surface area contributed by atoms with Crippen molar-refractivity contribution in [3.05, 3.63) is 24.5 Å². The monoisotopic (exact) mass is 177 g/mol. The number of carbonyl (C=O) groups is 1. The Bertz CT molecular complexity index is 288. The van der Waals surface area contributed by atoms with Crippen molar-refractivity contribution in [2.75, 3.05) is 11.6 Å². The average molecular weight is 177 g/mol. The molecule has 13 heavy (non-hydrogen) atoms. The van der Waals surface area contributed by atoms with E-state index < -0.39 is 0 Å². The second-order valence-electron chi connectivity index (χ2n) is 3.02. The molecule has 2 rings (SSSR count). The topological polar surface area (TPSA) is 45.2 Å². The predicted octanol–water partition coefficient (Wildman–Crippen LogP) is 0.364. The van der Waals surface area contributed by atoms with Gasteiger partial charge in [-0.25, -0.2) is 5.43 Å². The number of aldehydes is 1. The van der Waals surface area contributed by atoms with E-state index in [0.717, 1.165) is 24.9 Å². The van der Waals surface area contributed by atoms with Crippen molar-refractivity contribution in [2.24, 2.45) is 0 Å². The molecule has 0 spiro atoms. The summed E-state index contributed by atoms with van der Waals surface area (Å²) in [6.07, 6.45) is 5.31. The Hall–Kier alpha value is -1.42. The maximum Gasteiger partial charge on any atom is 0.138 e. The molecule has 0 saturated carbocycles. The van der Waals surface area contributed by atoms with Gasteiger partial charge in [0.25, 0.3) is 0 Å². The van der Waals surface area contributed by atoms with Crippen LogP contribution in [0.4, 0.5) is 5.69 Å². The molecule has 1 saturated heterocycles. The molecule has 0 amide bonds. The summed E-state index contributed by atoms with van der Waals surface area (Å²) in [6.45, 7) is 0.856. The number of carbonyl (C=O) groups excluding carboxylic acids is 1. The highest BCUT2D eigenvalue weighted by atomic mass is 16.1. The van der Waals surface area contributed by atoms with Gasteiger partial charge in [-0.1, -0.05) is 0 Å². The smallest absolute Gasteiger partial charge is 0.138 e. The highest BCUT2D eigenvalue weighted by Crippen LogP contribution is 2.14. The van der Waals surface area contributed by atoms with Gasteiger partial charge in [0.15, 0.2) is 0 Å². The number of nitrogens with one attached hydrogen (secondary N) is 1. The zero-order valence-corrected chi connectivity index (χ0v) is 7.18. The number of hydrazine groups is 1. The van der Waals surface area contributed by atoms with E-state index >= 15 is 0 Å². The maximum absolute atomic E-state index is 10.5. The molecular formula is C9H11N3O. The summed E-state index contributed by atoms with van der Waals surface area (Å²) in [5.41, 5.74) is 4.09. The van der Waals surface area contributed by atoms with Gasteiger partial charge in [-0.3, -0.25) is 4.98 Å². The average Bonchev–Trinajstić information content (AvgIpc) is 2.67. The fourth-order valence-electron chi connectivity index (χ4n) is 1.41. The maximum atomic E-state index is 10.5. The molecule has 1 unspecified atom stereocenters. The van der Waals surface area contributed by atoms with Crippen LogP contribution in [0.2, 0.25) is 0 Å². The minimum Gasteiger partial charge on any atom is -0.306 e. The third kappa shape index (κ3) is 1.67. The molecule has 0 radical (unpaired) electrons. The van der Waals surface area contributed by atoms with Gasteiger partial charge >= 0.3 is 0 Å². The Morgan fingerprint density at radius 1 is 1.69 bits per heavy atom. The molecule has 1 atom stereocenters. The summed E-state index contributed by atoms with van der Waals surface area (Å²) in [5.74, 6) is 0. The molecule has 4 heteroatoms. The number of nitrogens with zero attached hydrogens (tertiary/aromatic N) is 2. The van der Waals surface area contributed by atoms with Gasteiger partial charge in [-0.2, -0.15) is 0 Å². The molecule has 0 aromatic carbocycles. The lowest BCUT2D eigenvalue weighted by atomic mass is 10.3. The fraction of sp³-hybridized carbons (Fsp3) is 0.333. The molecule has 4 nitrogen and oxygen atoms in total. The highest BCUT2D eigenvalue weighted by Gasteiger charge is 2.20. The molecule has 0 aliphatic carbocycles. The standard InChI is InChI=1S/C9H11N3O/c13-7-8-3-5-12(11-8)9-2-1-4-10-6-9/h1-2,4,6-8,11H,3,5H2. The van der Waals surface area contributed by atoms with Crippen LogP contribution < -0.4 is 10.4 Å². The van der Waals surface area contributed by atoms with Crippen LogP contribution >= 0.6 is 0 Å². The third-order valence-electron chi connectivity index (χ3n) is 2.11. The minimum absolute atomic E-state index is 0.0415. The molecule has 1 N–H and O–H groups in total. The number of anilines is 1. The van der Waals surface area contributed by atoms with Crippen LogP contribution in [0.1, 0.15) is 6.42 Å². The SMILES string of the molecule is O=CC1CCN(c2cccnc2)N1. The Morgan fingerprint density at radius 2 is 2.62 bits per heavy atom. The quantitative estimate of drug-likeness (QED) is 0.663. The zero-order chi connectivity index (χ0) is 9.10. The van der Waals surface area contributed by atoms with E-state index in [1.54, 1.807) is 12.4 Å². The highest BCUT2D eigenvalue weighted by molar-refractivity contribution is 5.60. The van der Waals surface area contributed by atoms with Crippen LogP contribution in [0, 0.1) is 0 Å². The van der Waals surface area contributed by atoms with E-state index in [1.165, 1.54) is 0 Å². The van der Waals surface area contributed by atoms with Crippen molar-refractivity contribution in [1.29, 1.82) is 0 Å². The van der Waals surface area contributed by atoms with E-state index in [1.807, 2.05) is 17.1 Å². The predicted molar refractivity (Wildman–Crippen MR) is 49.2 cm³/mol. The van der Waals surface area contributed by atoms with Crippen molar-refractivity contribution in [3.8, 4) is 0 Å². The van der Waals surface area contributed by atoms with Crippen molar-refractivity contribution in [2.45, 2.75) is 12.5 Å². The Balaban J connectivity index is 2.08. The summed E-state index contributed by atoms with van der Waals surface area (Å²) < 4.78 is 0. The summed E-state index contributed by atoms with van der Waals surface area (Å²) in [5, 5.41) is 1.95. The lowest BCUT2D eigenvalue weighted by Gasteiger charge is -2.17. The summed E-state index contributed by atoms with van der Waals surface area (Å²) >= 11 is 0. The summed E-state index contributed by atoms with van der Waals surface area (Å²) in [6, 6.07) is 3.80. The van der Waals surface area contributed by atoms with Gasteiger partial charge in [-0.05, 0) is 18.6 Å². The van der Waals surface area contributed by atoms with E-state index in [2.05, 4.69) is 10.4 Å². The largest absolute Gasteiger partial charge is 0.306 e. The summed E-state index contributed by atoms with van der Waals surface area (Å²) in [7, 11) is 0. The van der Waals surface area contributed by atoms with E-state index in [0.29, 0.717) is 0 Å². The molecular weight excluding hydrogens is 166 g/mol. The van der Waals surface area contributed by atoms with Gasteiger partial charge in [0.2, 0.25) is 0 Å². The molecule has 2 heterocycles. The van der Waals surface area contributed by atoms with Crippen LogP contribution in [0.25, 0.3) is 0 Å². The third-order valence-corrected chi connectivity index (χ3v) is 2.11. The lowest BCUT2D eigenvalue weighted by Crippen LogP contribution is -2.36. The van der Waals surface area contributed by atoms with Crippen molar-refractivity contribution < 1.29 is 4.79 Å². The molecule has 1 aromatic rings. The van der Waals surface area contributed by atoms with E-state index in [-0.39, 0.29) is 6.04 Å². The molecule has 1 fully saturated rings. The second kappa shape index (κ2) is 3.53. The normalized spacial score (nSPS) is 21.8. The van der Waals surface area contributed by atoms with Crippen LogP contribution in [0.5, 0.6) is 0 Å². The van der Waals surface area contributed by atoms with Crippen LogP contribution in [-0.2, 0) is 4.79 Å². The van der Waals surface area contributed by atoms with Gasteiger partial charge in [-0.15, -0.1) is 0 Å². The minimum atomic E-state index is -0.0415. The molecule has 1 aliphatic rings. The van der Waals surface area contributed by atoms with Gasteiger partial charge in [0, 0.05) is 12.7 Å². The number of rotatable bonds is 2. The Labute approximate surface area is 76.5 Å². The molecule has 68 valence electrons. The first-order chi connectivity index (χ1) is 6.40. The Kier molecular flexibility index (Phi) is 2.23. The lowest BCUT2D eigenvalue weighted by molar-refractivity contribution is -0.109. The zero-order valence-electron chi connectivity index (χ0n) is 7.18.